The van der Waals surface area contributed by atoms with Crippen LogP contribution in [0.25, 0.3) is 0 Å². The molecule has 0 spiro atoms. The molecule has 1 atom stereocenters. The number of likely N-dealkylation sites (N-methyl/N-ethyl adjacent to an activating group) is 1. The summed E-state index contributed by atoms with van der Waals surface area (Å²) >= 11 is 6.00. The zero-order valence-corrected chi connectivity index (χ0v) is 9.92. The molecule has 0 bridgehead atoms. The molecule has 82 valence electrons. The summed E-state index contributed by atoms with van der Waals surface area (Å²) < 4.78 is 5.23. The lowest BCUT2D eigenvalue weighted by Gasteiger charge is -2.33. The van der Waals surface area contributed by atoms with Crippen molar-refractivity contribution in [3.63, 3.8) is 0 Å². The number of fused-ring (bicyclic) bond motifs is 1. The Morgan fingerprint density at radius 3 is 3.00 bits per heavy atom. The van der Waals surface area contributed by atoms with E-state index in [9.17, 15) is 0 Å². The Morgan fingerprint density at radius 1 is 1.53 bits per heavy atom. The molecule has 0 saturated heterocycles. The van der Waals surface area contributed by atoms with Crippen molar-refractivity contribution in [3.05, 3.63) is 29.3 Å². The van der Waals surface area contributed by atoms with Gasteiger partial charge in [0.25, 0.3) is 0 Å². The van der Waals surface area contributed by atoms with Crippen molar-refractivity contribution >= 4 is 11.6 Å². The number of nitrogens with zero attached hydrogens (tertiary/aromatic N) is 1. The maximum atomic E-state index is 6.00. The first-order chi connectivity index (χ1) is 7.26. The van der Waals surface area contributed by atoms with Gasteiger partial charge in [-0.05, 0) is 36.7 Å². The molecular weight excluding hydrogens is 210 g/mol. The number of alkyl halides is 1. The predicted molar refractivity (Wildman–Crippen MR) is 62.8 cm³/mol. The minimum atomic E-state index is 0.348. The second kappa shape index (κ2) is 4.42. The molecule has 1 unspecified atom stereocenters. The minimum Gasteiger partial charge on any atom is -0.497 e. The Labute approximate surface area is 95.8 Å². The van der Waals surface area contributed by atoms with E-state index in [1.54, 1.807) is 7.11 Å². The summed E-state index contributed by atoms with van der Waals surface area (Å²) in [6.07, 6.45) is 1.08. The zero-order valence-electron chi connectivity index (χ0n) is 9.16. The SMILES string of the molecule is COc1ccc2c(c1)CCN(C)C2CCl. The molecule has 1 aliphatic heterocycles. The first-order valence-corrected chi connectivity index (χ1v) is 5.72. The van der Waals surface area contributed by atoms with Gasteiger partial charge in [-0.1, -0.05) is 6.07 Å². The first-order valence-electron chi connectivity index (χ1n) is 5.19. The minimum absolute atomic E-state index is 0.348. The van der Waals surface area contributed by atoms with Crippen molar-refractivity contribution in [3.8, 4) is 5.75 Å². The number of ether oxygens (including phenoxy) is 1. The summed E-state index contributed by atoms with van der Waals surface area (Å²) in [5.74, 6) is 1.59. The number of rotatable bonds is 2. The van der Waals surface area contributed by atoms with Crippen LogP contribution in [0.3, 0.4) is 0 Å². The third-order valence-electron chi connectivity index (χ3n) is 3.12. The Morgan fingerprint density at radius 2 is 2.33 bits per heavy atom. The maximum absolute atomic E-state index is 6.00. The van der Waals surface area contributed by atoms with E-state index < -0.39 is 0 Å². The lowest BCUT2D eigenvalue weighted by molar-refractivity contribution is 0.250. The Hall–Kier alpha value is -0.730. The third kappa shape index (κ3) is 1.97. The topological polar surface area (TPSA) is 12.5 Å². The van der Waals surface area contributed by atoms with Gasteiger partial charge in [0.15, 0.2) is 0 Å². The van der Waals surface area contributed by atoms with Gasteiger partial charge in [-0.3, -0.25) is 4.90 Å². The van der Waals surface area contributed by atoms with Crippen molar-refractivity contribution in [1.29, 1.82) is 0 Å². The molecule has 15 heavy (non-hydrogen) atoms. The molecule has 0 fully saturated rings. The highest BCUT2D eigenvalue weighted by Crippen LogP contribution is 2.31. The Bertz CT molecular complexity index is 353. The van der Waals surface area contributed by atoms with Crippen LogP contribution in [0.2, 0.25) is 0 Å². The van der Waals surface area contributed by atoms with Crippen LogP contribution in [-0.4, -0.2) is 31.5 Å². The second-order valence-corrected chi connectivity index (χ2v) is 4.27. The van der Waals surface area contributed by atoms with E-state index in [0.29, 0.717) is 11.9 Å². The summed E-state index contributed by atoms with van der Waals surface area (Å²) in [6, 6.07) is 6.62. The smallest absolute Gasteiger partial charge is 0.119 e. The highest BCUT2D eigenvalue weighted by atomic mass is 35.5. The molecule has 0 N–H and O–H groups in total. The lowest BCUT2D eigenvalue weighted by Crippen LogP contribution is -2.33. The van der Waals surface area contributed by atoms with Crippen LogP contribution in [0.4, 0.5) is 0 Å². The van der Waals surface area contributed by atoms with Crippen molar-refractivity contribution in [2.75, 3.05) is 26.6 Å². The van der Waals surface area contributed by atoms with Crippen LogP contribution in [0.5, 0.6) is 5.75 Å². The Balaban J connectivity index is 2.38. The van der Waals surface area contributed by atoms with E-state index >= 15 is 0 Å². The Kier molecular flexibility index (Phi) is 3.17. The molecule has 0 aliphatic carbocycles. The van der Waals surface area contributed by atoms with E-state index in [1.165, 1.54) is 11.1 Å². The van der Waals surface area contributed by atoms with Crippen molar-refractivity contribution in [2.45, 2.75) is 12.5 Å². The van der Waals surface area contributed by atoms with Gasteiger partial charge in [-0.15, -0.1) is 11.6 Å². The first kappa shape index (κ1) is 10.8. The van der Waals surface area contributed by atoms with Crippen LogP contribution in [0.1, 0.15) is 17.2 Å². The summed E-state index contributed by atoms with van der Waals surface area (Å²) in [5, 5.41) is 0. The van der Waals surface area contributed by atoms with Gasteiger partial charge >= 0.3 is 0 Å². The van der Waals surface area contributed by atoms with Crippen molar-refractivity contribution in [1.82, 2.24) is 4.90 Å². The molecule has 1 aromatic rings. The van der Waals surface area contributed by atoms with Crippen molar-refractivity contribution in [2.24, 2.45) is 0 Å². The largest absolute Gasteiger partial charge is 0.497 e. The average molecular weight is 226 g/mol. The standard InChI is InChI=1S/C12H16ClNO/c1-14-6-5-9-7-10(15-2)3-4-11(9)12(14)8-13/h3-4,7,12H,5-6,8H2,1-2H3. The predicted octanol–water partition coefficient (Wildman–Crippen LogP) is 2.46. The molecule has 1 aliphatic rings. The fourth-order valence-electron chi connectivity index (χ4n) is 2.14. The summed E-state index contributed by atoms with van der Waals surface area (Å²) in [5.41, 5.74) is 2.72. The molecule has 2 nitrogen and oxygen atoms in total. The van der Waals surface area contributed by atoms with E-state index in [4.69, 9.17) is 16.3 Å². The number of methoxy groups -OCH3 is 1. The van der Waals surface area contributed by atoms with Crippen LogP contribution < -0.4 is 4.74 Å². The normalized spacial score (nSPS) is 21.1. The number of hydrogen-bond acceptors (Lipinski definition) is 2. The number of halogens is 1. The molecule has 0 aromatic heterocycles. The van der Waals surface area contributed by atoms with Crippen LogP contribution in [0.15, 0.2) is 18.2 Å². The molecule has 0 radical (unpaired) electrons. The highest BCUT2D eigenvalue weighted by Gasteiger charge is 2.23. The summed E-state index contributed by atoms with van der Waals surface area (Å²) in [4.78, 5) is 2.31. The molecule has 2 rings (SSSR count). The molecular formula is C12H16ClNO. The number of hydrogen-bond donors (Lipinski definition) is 0. The maximum Gasteiger partial charge on any atom is 0.119 e. The van der Waals surface area contributed by atoms with Crippen molar-refractivity contribution < 1.29 is 4.74 Å². The van der Waals surface area contributed by atoms with E-state index in [2.05, 4.69) is 24.1 Å². The lowest BCUT2D eigenvalue weighted by atomic mass is 9.94. The van der Waals surface area contributed by atoms with Crippen LogP contribution >= 0.6 is 11.6 Å². The molecule has 0 amide bonds. The van der Waals surface area contributed by atoms with Gasteiger partial charge in [-0.25, -0.2) is 0 Å². The van der Waals surface area contributed by atoms with Gasteiger partial charge in [0.2, 0.25) is 0 Å². The number of benzene rings is 1. The van der Waals surface area contributed by atoms with E-state index in [0.717, 1.165) is 18.7 Å². The third-order valence-corrected chi connectivity index (χ3v) is 3.41. The zero-order chi connectivity index (χ0) is 10.8. The monoisotopic (exact) mass is 225 g/mol. The van der Waals surface area contributed by atoms with E-state index in [1.807, 2.05) is 6.07 Å². The summed E-state index contributed by atoms with van der Waals surface area (Å²) in [7, 11) is 3.83. The van der Waals surface area contributed by atoms with Crippen LogP contribution in [0, 0.1) is 0 Å². The van der Waals surface area contributed by atoms with E-state index in [-0.39, 0.29) is 0 Å². The van der Waals surface area contributed by atoms with Gasteiger partial charge in [0.1, 0.15) is 5.75 Å². The molecule has 1 heterocycles. The molecule has 3 heteroatoms. The second-order valence-electron chi connectivity index (χ2n) is 3.97. The summed E-state index contributed by atoms with van der Waals surface area (Å²) in [6.45, 7) is 1.07. The van der Waals surface area contributed by atoms with Gasteiger partial charge < -0.3 is 4.74 Å². The fourth-order valence-corrected chi connectivity index (χ4v) is 2.54. The fraction of sp³-hybridized carbons (Fsp3) is 0.500. The molecule has 0 saturated carbocycles. The average Bonchev–Trinajstić information content (AvgIpc) is 2.28. The van der Waals surface area contributed by atoms with Crippen LogP contribution in [-0.2, 0) is 6.42 Å². The van der Waals surface area contributed by atoms with Gasteiger partial charge in [-0.2, -0.15) is 0 Å². The highest BCUT2D eigenvalue weighted by molar-refractivity contribution is 6.18. The quantitative estimate of drug-likeness (QED) is 0.717. The van der Waals surface area contributed by atoms with Gasteiger partial charge in [0, 0.05) is 18.5 Å². The molecule has 1 aromatic carbocycles. The van der Waals surface area contributed by atoms with Gasteiger partial charge in [0.05, 0.1) is 7.11 Å².